The van der Waals surface area contributed by atoms with Crippen molar-refractivity contribution >= 4 is 35.0 Å². The van der Waals surface area contributed by atoms with E-state index in [9.17, 15) is 15.3 Å². The molecule has 0 atom stereocenters. The van der Waals surface area contributed by atoms with E-state index >= 15 is 0 Å². The number of aromatic nitrogens is 1. The van der Waals surface area contributed by atoms with Crippen molar-refractivity contribution in [2.24, 2.45) is 0 Å². The number of anilines is 1. The van der Waals surface area contributed by atoms with Gasteiger partial charge in [-0.3, -0.25) is 4.79 Å². The number of halogens is 1. The Morgan fingerprint density at radius 1 is 1.10 bits per heavy atom. The van der Waals surface area contributed by atoms with Crippen molar-refractivity contribution in [1.82, 2.24) is 4.98 Å². The molecule has 1 heterocycles. The maximum absolute atomic E-state index is 12.5. The number of nitriles is 2. The number of Topliss-reactive ketones (excluding diaryl/α,β-unsaturated/α-hetero) is 1. The van der Waals surface area contributed by atoms with Crippen LogP contribution in [0.1, 0.15) is 21.5 Å². The standard InChI is InChI=1S/C22H15ClN4O2S/c1-29-16-8-4-14(5-9-16)20-17(10-24)21(26)27-22(18(20)11-25)30-12-19(28)13-2-6-15(23)7-3-13/h2-9H,12H2,1H3,(H2,26,27). The molecular weight excluding hydrogens is 420 g/mol. The van der Waals surface area contributed by atoms with Crippen LogP contribution in [0.4, 0.5) is 5.82 Å². The Morgan fingerprint density at radius 3 is 2.30 bits per heavy atom. The molecule has 8 heteroatoms. The predicted molar refractivity (Wildman–Crippen MR) is 117 cm³/mol. The van der Waals surface area contributed by atoms with Gasteiger partial charge in [0.15, 0.2) is 5.78 Å². The number of rotatable bonds is 6. The van der Waals surface area contributed by atoms with Crippen molar-refractivity contribution < 1.29 is 9.53 Å². The van der Waals surface area contributed by atoms with Crippen LogP contribution in [0.15, 0.2) is 53.6 Å². The number of nitrogens with two attached hydrogens (primary N) is 1. The second kappa shape index (κ2) is 9.32. The minimum Gasteiger partial charge on any atom is -0.497 e. The van der Waals surface area contributed by atoms with Crippen LogP contribution >= 0.6 is 23.4 Å². The van der Waals surface area contributed by atoms with E-state index < -0.39 is 0 Å². The molecule has 0 amide bonds. The number of benzene rings is 2. The Balaban J connectivity index is 2.00. The highest BCUT2D eigenvalue weighted by Crippen LogP contribution is 2.36. The maximum Gasteiger partial charge on any atom is 0.173 e. The SMILES string of the molecule is COc1ccc(-c2c(C#N)c(N)nc(SCC(=O)c3ccc(Cl)cc3)c2C#N)cc1. The number of pyridine rings is 1. The fourth-order valence-corrected chi connectivity index (χ4v) is 3.82. The molecular formula is C22H15ClN4O2S. The molecule has 0 unspecified atom stereocenters. The van der Waals surface area contributed by atoms with Crippen LogP contribution in [0, 0.1) is 22.7 Å². The fourth-order valence-electron chi connectivity index (χ4n) is 2.80. The summed E-state index contributed by atoms with van der Waals surface area (Å²) in [5, 5.41) is 20.2. The molecule has 3 rings (SSSR count). The van der Waals surface area contributed by atoms with Crippen LogP contribution in [0.2, 0.25) is 5.02 Å². The third kappa shape index (κ3) is 4.38. The van der Waals surface area contributed by atoms with Crippen molar-refractivity contribution in [1.29, 1.82) is 10.5 Å². The monoisotopic (exact) mass is 434 g/mol. The van der Waals surface area contributed by atoms with Gasteiger partial charge in [0, 0.05) is 16.1 Å². The molecule has 0 aliphatic heterocycles. The van der Waals surface area contributed by atoms with E-state index in [1.165, 1.54) is 0 Å². The van der Waals surface area contributed by atoms with Crippen molar-refractivity contribution in [3.8, 4) is 29.0 Å². The van der Waals surface area contributed by atoms with Crippen LogP contribution in [0.5, 0.6) is 5.75 Å². The quantitative estimate of drug-likeness (QED) is 0.441. The number of nitrogens with zero attached hydrogens (tertiary/aromatic N) is 3. The minimum atomic E-state index is -0.142. The molecule has 0 spiro atoms. The molecule has 0 aliphatic carbocycles. The lowest BCUT2D eigenvalue weighted by molar-refractivity contribution is 0.102. The largest absolute Gasteiger partial charge is 0.497 e. The zero-order valence-electron chi connectivity index (χ0n) is 15.8. The third-order valence-electron chi connectivity index (χ3n) is 4.30. The van der Waals surface area contributed by atoms with E-state index in [-0.39, 0.29) is 28.5 Å². The maximum atomic E-state index is 12.5. The van der Waals surface area contributed by atoms with Crippen molar-refractivity contribution in [2.45, 2.75) is 5.03 Å². The summed E-state index contributed by atoms with van der Waals surface area (Å²) in [7, 11) is 1.55. The molecule has 30 heavy (non-hydrogen) atoms. The highest BCUT2D eigenvalue weighted by molar-refractivity contribution is 8.00. The minimum absolute atomic E-state index is 0.00348. The van der Waals surface area contributed by atoms with Gasteiger partial charge in [-0.1, -0.05) is 35.5 Å². The van der Waals surface area contributed by atoms with Gasteiger partial charge < -0.3 is 10.5 Å². The Kier molecular flexibility index (Phi) is 6.58. The lowest BCUT2D eigenvalue weighted by Gasteiger charge is -2.13. The Labute approximate surface area is 182 Å². The average Bonchev–Trinajstić information content (AvgIpc) is 2.77. The summed E-state index contributed by atoms with van der Waals surface area (Å²) < 4.78 is 5.16. The number of methoxy groups -OCH3 is 1. The van der Waals surface area contributed by atoms with Gasteiger partial charge in [-0.25, -0.2) is 4.98 Å². The zero-order valence-corrected chi connectivity index (χ0v) is 17.4. The summed E-state index contributed by atoms with van der Waals surface area (Å²) >= 11 is 6.96. The van der Waals surface area contributed by atoms with Gasteiger partial charge in [0.2, 0.25) is 0 Å². The molecule has 2 aromatic carbocycles. The summed E-state index contributed by atoms with van der Waals surface area (Å²) in [5.41, 5.74) is 7.83. The molecule has 2 N–H and O–H groups in total. The Hall–Kier alpha value is -3.52. The first kappa shape index (κ1) is 21.2. The first-order valence-corrected chi connectivity index (χ1v) is 10.0. The van der Waals surface area contributed by atoms with E-state index in [1.54, 1.807) is 55.6 Å². The van der Waals surface area contributed by atoms with Crippen LogP contribution in [0.25, 0.3) is 11.1 Å². The van der Waals surface area contributed by atoms with Gasteiger partial charge in [-0.2, -0.15) is 10.5 Å². The van der Waals surface area contributed by atoms with Gasteiger partial charge in [-0.05, 0) is 42.0 Å². The van der Waals surface area contributed by atoms with Crippen LogP contribution < -0.4 is 10.5 Å². The molecule has 148 valence electrons. The van der Waals surface area contributed by atoms with Gasteiger partial charge in [-0.15, -0.1) is 0 Å². The van der Waals surface area contributed by atoms with Crippen molar-refractivity contribution in [2.75, 3.05) is 18.6 Å². The van der Waals surface area contributed by atoms with Crippen LogP contribution in [-0.4, -0.2) is 23.6 Å². The van der Waals surface area contributed by atoms with Crippen molar-refractivity contribution in [3.05, 3.63) is 70.2 Å². The van der Waals surface area contributed by atoms with E-state index in [0.29, 0.717) is 32.5 Å². The first-order chi connectivity index (χ1) is 14.5. The second-order valence-electron chi connectivity index (χ2n) is 6.10. The van der Waals surface area contributed by atoms with Gasteiger partial charge in [0.05, 0.1) is 18.4 Å². The molecule has 0 bridgehead atoms. The molecule has 0 radical (unpaired) electrons. The summed E-state index contributed by atoms with van der Waals surface area (Å²) in [6, 6.07) is 17.6. The topological polar surface area (TPSA) is 113 Å². The molecule has 6 nitrogen and oxygen atoms in total. The van der Waals surface area contributed by atoms with E-state index in [4.69, 9.17) is 22.1 Å². The lowest BCUT2D eigenvalue weighted by atomic mass is 9.97. The number of ketones is 1. The van der Waals surface area contributed by atoms with Crippen LogP contribution in [0.3, 0.4) is 0 Å². The van der Waals surface area contributed by atoms with Crippen LogP contribution in [-0.2, 0) is 0 Å². The number of thioether (sulfide) groups is 1. The van der Waals surface area contributed by atoms with Gasteiger partial charge in [0.1, 0.15) is 34.3 Å². The Bertz CT molecular complexity index is 1180. The molecule has 0 saturated carbocycles. The molecule has 0 aliphatic rings. The van der Waals surface area contributed by atoms with E-state index in [2.05, 4.69) is 11.1 Å². The summed E-state index contributed by atoms with van der Waals surface area (Å²) in [6.45, 7) is 0. The highest BCUT2D eigenvalue weighted by atomic mass is 35.5. The average molecular weight is 435 g/mol. The third-order valence-corrected chi connectivity index (χ3v) is 5.53. The molecule has 0 saturated heterocycles. The van der Waals surface area contributed by atoms with Crippen molar-refractivity contribution in [3.63, 3.8) is 0 Å². The normalized spacial score (nSPS) is 10.1. The number of hydrogen-bond acceptors (Lipinski definition) is 7. The molecule has 3 aromatic rings. The summed E-state index contributed by atoms with van der Waals surface area (Å²) in [5.74, 6) is 0.553. The highest BCUT2D eigenvalue weighted by Gasteiger charge is 2.21. The predicted octanol–water partition coefficient (Wildman–Crippen LogP) is 4.71. The molecule has 0 fully saturated rings. The number of carbonyl (C=O) groups excluding carboxylic acids is 1. The Morgan fingerprint density at radius 2 is 1.73 bits per heavy atom. The number of carbonyl (C=O) groups is 1. The van der Waals surface area contributed by atoms with Gasteiger partial charge >= 0.3 is 0 Å². The number of ether oxygens (including phenoxy) is 1. The number of hydrogen-bond donors (Lipinski definition) is 1. The zero-order chi connectivity index (χ0) is 21.7. The lowest BCUT2D eigenvalue weighted by Crippen LogP contribution is -2.06. The second-order valence-corrected chi connectivity index (χ2v) is 7.50. The smallest absolute Gasteiger partial charge is 0.173 e. The van der Waals surface area contributed by atoms with E-state index in [0.717, 1.165) is 11.8 Å². The summed E-state index contributed by atoms with van der Waals surface area (Å²) in [4.78, 5) is 16.7. The number of nitrogen functional groups attached to an aromatic ring is 1. The summed E-state index contributed by atoms with van der Waals surface area (Å²) in [6.07, 6.45) is 0. The van der Waals surface area contributed by atoms with E-state index in [1.807, 2.05) is 6.07 Å². The fraction of sp³-hybridized carbons (Fsp3) is 0.0909. The first-order valence-electron chi connectivity index (χ1n) is 8.68. The van der Waals surface area contributed by atoms with Gasteiger partial charge in [0.25, 0.3) is 0 Å². The molecule has 1 aromatic heterocycles.